The summed E-state index contributed by atoms with van der Waals surface area (Å²) >= 11 is 1.89. The van der Waals surface area contributed by atoms with E-state index in [1.807, 2.05) is 11.3 Å². The lowest BCUT2D eigenvalue weighted by molar-refractivity contribution is 1.29. The van der Waals surface area contributed by atoms with Crippen LogP contribution in [-0.2, 0) is 0 Å². The highest BCUT2D eigenvalue weighted by Gasteiger charge is 2.17. The Morgan fingerprint density at radius 2 is 0.905 bits per heavy atom. The maximum absolute atomic E-state index is 2.39. The quantitative estimate of drug-likeness (QED) is 0.205. The Balaban J connectivity index is 1.30. The van der Waals surface area contributed by atoms with Gasteiger partial charge in [-0.2, -0.15) is 0 Å². The molecule has 1 aromatic heterocycles. The van der Waals surface area contributed by atoms with Crippen LogP contribution in [0.2, 0.25) is 0 Å². The van der Waals surface area contributed by atoms with E-state index in [2.05, 4.69) is 169 Å². The van der Waals surface area contributed by atoms with Gasteiger partial charge in [0.2, 0.25) is 0 Å². The van der Waals surface area contributed by atoms with Gasteiger partial charge in [0.1, 0.15) is 0 Å². The third-order valence-corrected chi connectivity index (χ3v) is 9.25. The Hall–Kier alpha value is -5.18. The SMILES string of the molecule is c1ccc(-c2ccc(N(c3ccccc3)c3ccc4c(c3)sc3c5ccccc5c(-c5ccccc5)cc43)cc2)cc1. The molecular weight excluding hydrogens is 527 g/mol. The smallest absolute Gasteiger partial charge is 0.0476 e. The van der Waals surface area contributed by atoms with Crippen LogP contribution in [0.4, 0.5) is 17.1 Å². The summed E-state index contributed by atoms with van der Waals surface area (Å²) in [5.41, 5.74) is 8.41. The summed E-state index contributed by atoms with van der Waals surface area (Å²) in [6.45, 7) is 0. The van der Waals surface area contributed by atoms with Gasteiger partial charge in [-0.1, -0.05) is 121 Å². The highest BCUT2D eigenvalue weighted by Crippen LogP contribution is 2.45. The summed E-state index contributed by atoms with van der Waals surface area (Å²) in [5.74, 6) is 0. The van der Waals surface area contributed by atoms with Gasteiger partial charge in [0.15, 0.2) is 0 Å². The molecule has 0 fully saturated rings. The van der Waals surface area contributed by atoms with Gasteiger partial charge >= 0.3 is 0 Å². The van der Waals surface area contributed by atoms with Crippen LogP contribution in [-0.4, -0.2) is 0 Å². The van der Waals surface area contributed by atoms with Crippen molar-refractivity contribution < 1.29 is 0 Å². The predicted molar refractivity (Wildman–Crippen MR) is 182 cm³/mol. The van der Waals surface area contributed by atoms with E-state index in [1.165, 1.54) is 53.2 Å². The molecule has 0 aliphatic rings. The van der Waals surface area contributed by atoms with Crippen LogP contribution in [0.15, 0.2) is 164 Å². The minimum absolute atomic E-state index is 1.14. The zero-order valence-electron chi connectivity index (χ0n) is 22.9. The second-order valence-corrected chi connectivity index (χ2v) is 11.6. The molecule has 0 bridgehead atoms. The Morgan fingerprint density at radius 1 is 0.357 bits per heavy atom. The molecule has 1 nitrogen and oxygen atoms in total. The van der Waals surface area contributed by atoms with Gasteiger partial charge < -0.3 is 4.90 Å². The Bertz CT molecular complexity index is 2160. The molecule has 0 amide bonds. The molecule has 0 saturated heterocycles. The molecular formula is C40H27NS. The number of hydrogen-bond donors (Lipinski definition) is 0. The van der Waals surface area contributed by atoms with Crippen LogP contribution in [0.3, 0.4) is 0 Å². The van der Waals surface area contributed by atoms with Gasteiger partial charge in [0.05, 0.1) is 0 Å². The summed E-state index contributed by atoms with van der Waals surface area (Å²) in [6, 6.07) is 59.0. The zero-order valence-corrected chi connectivity index (χ0v) is 23.8. The van der Waals surface area contributed by atoms with Crippen molar-refractivity contribution in [3.63, 3.8) is 0 Å². The van der Waals surface area contributed by atoms with Crippen molar-refractivity contribution >= 4 is 59.3 Å². The number of benzene rings is 7. The van der Waals surface area contributed by atoms with Gasteiger partial charge in [-0.3, -0.25) is 0 Å². The minimum atomic E-state index is 1.14. The number of fused-ring (bicyclic) bond motifs is 5. The number of nitrogens with zero attached hydrogens (tertiary/aromatic N) is 1. The van der Waals surface area contributed by atoms with Crippen LogP contribution in [0.5, 0.6) is 0 Å². The molecule has 8 aromatic rings. The largest absolute Gasteiger partial charge is 0.310 e. The van der Waals surface area contributed by atoms with Crippen LogP contribution in [0.25, 0.3) is 53.2 Å². The van der Waals surface area contributed by atoms with Crippen LogP contribution >= 0.6 is 11.3 Å². The first-order chi connectivity index (χ1) is 20.8. The molecule has 7 aromatic carbocycles. The Kier molecular flexibility index (Phi) is 6.05. The molecule has 2 heteroatoms. The van der Waals surface area contributed by atoms with E-state index in [1.54, 1.807) is 0 Å². The number of para-hydroxylation sites is 1. The molecule has 0 radical (unpaired) electrons. The second kappa shape index (κ2) is 10.3. The summed E-state index contributed by atoms with van der Waals surface area (Å²) in [7, 11) is 0. The molecule has 0 spiro atoms. The second-order valence-electron chi connectivity index (χ2n) is 10.6. The molecule has 0 atom stereocenters. The van der Waals surface area contributed by atoms with Crippen LogP contribution in [0, 0.1) is 0 Å². The van der Waals surface area contributed by atoms with E-state index < -0.39 is 0 Å². The zero-order chi connectivity index (χ0) is 27.9. The molecule has 0 N–H and O–H groups in total. The highest BCUT2D eigenvalue weighted by molar-refractivity contribution is 7.26. The lowest BCUT2D eigenvalue weighted by Crippen LogP contribution is -2.09. The number of hydrogen-bond acceptors (Lipinski definition) is 2. The molecule has 198 valence electrons. The average Bonchev–Trinajstić information content (AvgIpc) is 3.44. The van der Waals surface area contributed by atoms with E-state index in [4.69, 9.17) is 0 Å². The summed E-state index contributed by atoms with van der Waals surface area (Å²) in [4.78, 5) is 2.35. The van der Waals surface area contributed by atoms with Gasteiger partial charge in [0, 0.05) is 42.6 Å². The molecule has 1 heterocycles. The number of anilines is 3. The molecule has 42 heavy (non-hydrogen) atoms. The molecule has 0 aliphatic heterocycles. The first-order valence-corrected chi connectivity index (χ1v) is 15.1. The normalized spacial score (nSPS) is 11.3. The van der Waals surface area contributed by atoms with Gasteiger partial charge in [0.25, 0.3) is 0 Å². The third-order valence-electron chi connectivity index (χ3n) is 8.05. The lowest BCUT2D eigenvalue weighted by atomic mass is 9.95. The van der Waals surface area contributed by atoms with Crippen molar-refractivity contribution in [2.45, 2.75) is 0 Å². The lowest BCUT2D eigenvalue weighted by Gasteiger charge is -2.25. The van der Waals surface area contributed by atoms with Crippen molar-refractivity contribution in [3.05, 3.63) is 164 Å². The molecule has 0 unspecified atom stereocenters. The van der Waals surface area contributed by atoms with E-state index in [9.17, 15) is 0 Å². The standard InChI is InChI=1S/C40H27NS/c1-4-12-28(13-5-1)29-20-22-32(23-21-29)41(31-16-8-3-9-17-31)33-24-25-35-38-27-37(30-14-6-2-7-15-30)34-18-10-11-19-36(34)40(38)42-39(35)26-33/h1-27H. The van der Waals surface area contributed by atoms with Crippen LogP contribution in [0.1, 0.15) is 0 Å². The Morgan fingerprint density at radius 3 is 1.62 bits per heavy atom. The maximum Gasteiger partial charge on any atom is 0.0476 e. The van der Waals surface area contributed by atoms with E-state index in [0.29, 0.717) is 0 Å². The highest BCUT2D eigenvalue weighted by atomic mass is 32.1. The maximum atomic E-state index is 2.39. The topological polar surface area (TPSA) is 3.24 Å². The molecule has 0 saturated carbocycles. The fourth-order valence-corrected chi connectivity index (χ4v) is 7.29. The monoisotopic (exact) mass is 553 g/mol. The van der Waals surface area contributed by atoms with Crippen molar-refractivity contribution in [2.75, 3.05) is 4.90 Å². The summed E-state index contributed by atoms with van der Waals surface area (Å²) < 4.78 is 2.63. The fourth-order valence-electron chi connectivity index (χ4n) is 6.04. The Labute approximate surface area is 249 Å². The third kappa shape index (κ3) is 4.25. The van der Waals surface area contributed by atoms with Crippen molar-refractivity contribution in [3.8, 4) is 22.3 Å². The van der Waals surface area contributed by atoms with Gasteiger partial charge in [-0.05, 0) is 70.1 Å². The first-order valence-electron chi connectivity index (χ1n) is 14.3. The number of thiophene rings is 1. The summed E-state index contributed by atoms with van der Waals surface area (Å²) in [6.07, 6.45) is 0. The van der Waals surface area contributed by atoms with E-state index in [-0.39, 0.29) is 0 Å². The minimum Gasteiger partial charge on any atom is -0.310 e. The summed E-state index contributed by atoms with van der Waals surface area (Å²) in [5, 5.41) is 5.23. The van der Waals surface area contributed by atoms with Gasteiger partial charge in [-0.15, -0.1) is 11.3 Å². The van der Waals surface area contributed by atoms with E-state index >= 15 is 0 Å². The van der Waals surface area contributed by atoms with Crippen LogP contribution < -0.4 is 4.90 Å². The average molecular weight is 554 g/mol. The fraction of sp³-hybridized carbons (Fsp3) is 0. The van der Waals surface area contributed by atoms with Crippen molar-refractivity contribution in [2.24, 2.45) is 0 Å². The molecule has 0 aliphatic carbocycles. The van der Waals surface area contributed by atoms with Gasteiger partial charge in [-0.25, -0.2) is 0 Å². The van der Waals surface area contributed by atoms with Crippen molar-refractivity contribution in [1.82, 2.24) is 0 Å². The first kappa shape index (κ1) is 24.6. The van der Waals surface area contributed by atoms with E-state index in [0.717, 1.165) is 17.1 Å². The number of rotatable bonds is 5. The molecule has 8 rings (SSSR count). The van der Waals surface area contributed by atoms with Crippen molar-refractivity contribution in [1.29, 1.82) is 0 Å². The predicted octanol–water partition coefficient (Wildman–Crippen LogP) is 12.0.